The van der Waals surface area contributed by atoms with Gasteiger partial charge in [0.25, 0.3) is 11.5 Å². The van der Waals surface area contributed by atoms with Crippen LogP contribution in [0.25, 0.3) is 21.8 Å². The highest BCUT2D eigenvalue weighted by Crippen LogP contribution is 2.57. The van der Waals surface area contributed by atoms with E-state index in [0.29, 0.717) is 17.1 Å². The summed E-state index contributed by atoms with van der Waals surface area (Å²) in [5.41, 5.74) is 1.75. The standard InChI is InChI=1S/C37H43N9O11P2S2/c1-22-27-19-53-59(61,51-17-14-38-5)56-26-18-31(54-28(26)20-52-58(49,60)57-33(22)35(55-27)45-15-11-30(48)44-16-13-40-36(44)45)46-34-32(42-43-46)25(10-12-39-34)41-29(47)21-50-24-8-6-23(7-9-24)37(2,3)4/h6-13,15-16,22,26-28,31,33,35H,14,17-21H2,1-4H3,(H,49,60)(H,39,41,47)/t22-,26+,27-,28-,31-,33-,35-,58?,59?/m1/s1. The normalized spacial score (nSPS) is 29.6. The molecule has 0 aliphatic carbocycles. The Morgan fingerprint density at radius 2 is 1.82 bits per heavy atom. The monoisotopic (exact) mass is 915 g/mol. The molecule has 0 radical (unpaired) electrons. The molecule has 3 saturated heterocycles. The minimum atomic E-state index is -4.03. The van der Waals surface area contributed by atoms with Crippen molar-refractivity contribution in [1.82, 2.24) is 33.9 Å². The van der Waals surface area contributed by atoms with Gasteiger partial charge in [-0.25, -0.2) is 16.5 Å². The molecule has 2 N–H and O–H groups in total. The SMILES string of the molecule is [C-]#[N+]CCOP1(=S)OC[C@H]2O[C@@H](n3ccc(=O)n4ccnc34)[C@H](OP(O)(=S)OC[C@H]3O[C@@H](n4nnc5c(NC(=O)COc6ccc(C(C)(C)C)cc6)ccnc54)C[C@@H]3O1)[C@@H]2C. The number of fused-ring (bicyclic) bond motifs is 5. The Morgan fingerprint density at radius 1 is 1.03 bits per heavy atom. The molecule has 4 aromatic heterocycles. The number of imidazole rings is 1. The lowest BCUT2D eigenvalue weighted by molar-refractivity contribution is -0.118. The van der Waals surface area contributed by atoms with Gasteiger partial charge in [-0.2, -0.15) is 4.68 Å². The molecule has 24 heteroatoms. The molecular weight excluding hydrogens is 873 g/mol. The molecule has 5 aromatic rings. The van der Waals surface area contributed by atoms with E-state index < -0.39 is 62.1 Å². The number of anilines is 1. The lowest BCUT2D eigenvalue weighted by atomic mass is 9.87. The molecule has 0 spiro atoms. The van der Waals surface area contributed by atoms with E-state index in [2.05, 4.69) is 51.2 Å². The first kappa shape index (κ1) is 43.6. The van der Waals surface area contributed by atoms with Crippen LogP contribution in [0.3, 0.4) is 0 Å². The van der Waals surface area contributed by atoms with Crippen LogP contribution in [0.2, 0.25) is 0 Å². The second kappa shape index (κ2) is 17.6. The van der Waals surface area contributed by atoms with Gasteiger partial charge in [0.15, 0.2) is 30.2 Å². The van der Waals surface area contributed by atoms with Gasteiger partial charge in [-0.3, -0.25) is 18.6 Å². The predicted octanol–water partition coefficient (Wildman–Crippen LogP) is 4.67. The van der Waals surface area contributed by atoms with E-state index >= 15 is 0 Å². The topological polar surface area (TPSA) is 210 Å². The zero-order valence-corrected chi connectivity index (χ0v) is 36.8. The summed E-state index contributed by atoms with van der Waals surface area (Å²) in [5, 5.41) is 11.5. The largest absolute Gasteiger partial charge is 0.484 e. The average molecular weight is 916 g/mol. The molecule has 2 unspecified atom stereocenters. The van der Waals surface area contributed by atoms with E-state index in [-0.39, 0.29) is 61.7 Å². The van der Waals surface area contributed by atoms with Gasteiger partial charge >= 0.3 is 13.4 Å². The molecule has 1 aromatic carbocycles. The number of carbonyl (C=O) groups excluding carboxylic acids is 1. The number of nitrogens with one attached hydrogen (secondary N) is 1. The second-order valence-corrected chi connectivity index (χ2v) is 21.3. The molecule has 61 heavy (non-hydrogen) atoms. The molecule has 1 amide bonds. The number of ether oxygens (including phenoxy) is 3. The van der Waals surface area contributed by atoms with E-state index in [1.807, 2.05) is 31.2 Å². The third-order valence-corrected chi connectivity index (χ3v) is 14.3. The Kier molecular flexibility index (Phi) is 12.6. The van der Waals surface area contributed by atoms with E-state index in [9.17, 15) is 14.5 Å². The minimum Gasteiger partial charge on any atom is -0.484 e. The van der Waals surface area contributed by atoms with Crippen molar-refractivity contribution in [2.45, 2.75) is 76.4 Å². The number of aromatic nitrogens is 7. The molecule has 9 atom stereocenters. The molecule has 8 rings (SSSR count). The summed E-state index contributed by atoms with van der Waals surface area (Å²) in [7, 11) is 0. The van der Waals surface area contributed by atoms with Gasteiger partial charge < -0.3 is 51.9 Å². The van der Waals surface area contributed by atoms with Crippen LogP contribution in [0.4, 0.5) is 5.69 Å². The quantitative estimate of drug-likeness (QED) is 0.117. The molecule has 3 aliphatic heterocycles. The van der Waals surface area contributed by atoms with Gasteiger partial charge in [0, 0.05) is 43.2 Å². The van der Waals surface area contributed by atoms with Crippen molar-refractivity contribution in [3.63, 3.8) is 0 Å². The molecular formula is C37H43N9O11P2S2. The van der Waals surface area contributed by atoms with E-state index in [4.69, 9.17) is 67.0 Å². The highest BCUT2D eigenvalue weighted by atomic mass is 32.5. The zero-order chi connectivity index (χ0) is 43.1. The smallest absolute Gasteiger partial charge is 0.327 e. The van der Waals surface area contributed by atoms with Crippen molar-refractivity contribution in [1.29, 1.82) is 0 Å². The van der Waals surface area contributed by atoms with Crippen LogP contribution in [0.1, 0.15) is 52.1 Å². The van der Waals surface area contributed by atoms with Gasteiger partial charge in [-0.05, 0) is 52.8 Å². The van der Waals surface area contributed by atoms with Crippen molar-refractivity contribution in [3.8, 4) is 5.75 Å². The van der Waals surface area contributed by atoms with Crippen LogP contribution < -0.4 is 15.6 Å². The van der Waals surface area contributed by atoms with Crippen molar-refractivity contribution >= 4 is 65.6 Å². The maximum atomic E-state index is 13.0. The Morgan fingerprint density at radius 3 is 2.59 bits per heavy atom. The lowest BCUT2D eigenvalue weighted by Gasteiger charge is -2.29. The van der Waals surface area contributed by atoms with Crippen LogP contribution in [0, 0.1) is 12.5 Å². The summed E-state index contributed by atoms with van der Waals surface area (Å²) in [6.07, 6.45) is 0.939. The number of rotatable bonds is 9. The summed E-state index contributed by atoms with van der Waals surface area (Å²) in [4.78, 5) is 49.3. The van der Waals surface area contributed by atoms with Gasteiger partial charge in [0.1, 0.15) is 30.7 Å². The fourth-order valence-corrected chi connectivity index (χ4v) is 10.8. The summed E-state index contributed by atoms with van der Waals surface area (Å²) in [5.74, 6) is -0.0607. The fraction of sp³-hybridized carbons (Fsp3) is 0.486. The number of pyridine rings is 1. The zero-order valence-electron chi connectivity index (χ0n) is 33.4. The first-order valence-corrected chi connectivity index (χ1v) is 24.4. The Labute approximate surface area is 359 Å². The molecule has 324 valence electrons. The summed E-state index contributed by atoms with van der Waals surface area (Å²) in [6, 6.07) is 10.5. The Balaban J connectivity index is 1.02. The van der Waals surface area contributed by atoms with Crippen LogP contribution in [-0.4, -0.2) is 102 Å². The fourth-order valence-electron chi connectivity index (χ4n) is 7.18. The van der Waals surface area contributed by atoms with Crippen LogP contribution in [0.5, 0.6) is 5.75 Å². The van der Waals surface area contributed by atoms with Crippen molar-refractivity contribution < 1.29 is 46.5 Å². The number of nitrogens with zero attached hydrogens (tertiary/aromatic N) is 8. The van der Waals surface area contributed by atoms with Crippen molar-refractivity contribution in [3.05, 3.63) is 88.5 Å². The first-order valence-electron chi connectivity index (χ1n) is 19.3. The minimum absolute atomic E-state index is 0.00202. The molecule has 3 fully saturated rings. The average Bonchev–Trinajstić information content (AvgIpc) is 4.03. The molecule has 2 bridgehead atoms. The van der Waals surface area contributed by atoms with Gasteiger partial charge in [-0.1, -0.05) is 45.0 Å². The third kappa shape index (κ3) is 9.49. The van der Waals surface area contributed by atoms with Crippen molar-refractivity contribution in [2.24, 2.45) is 5.92 Å². The van der Waals surface area contributed by atoms with E-state index in [0.717, 1.165) is 5.56 Å². The van der Waals surface area contributed by atoms with E-state index in [1.54, 1.807) is 10.6 Å². The third-order valence-electron chi connectivity index (χ3n) is 10.4. The predicted molar refractivity (Wildman–Crippen MR) is 226 cm³/mol. The number of benzene rings is 1. The van der Waals surface area contributed by atoms with Crippen LogP contribution in [-0.2, 0) is 65.9 Å². The molecule has 0 saturated carbocycles. The van der Waals surface area contributed by atoms with Crippen LogP contribution in [0.15, 0.2) is 66.0 Å². The maximum absolute atomic E-state index is 13.0. The summed E-state index contributed by atoms with van der Waals surface area (Å²) >= 11 is 11.5. The molecule has 7 heterocycles. The second-order valence-electron chi connectivity index (χ2n) is 15.6. The van der Waals surface area contributed by atoms with E-state index in [1.165, 1.54) is 39.9 Å². The Bertz CT molecular complexity index is 2610. The van der Waals surface area contributed by atoms with Gasteiger partial charge in [0.05, 0.1) is 25.0 Å². The molecule has 20 nitrogen and oxygen atoms in total. The van der Waals surface area contributed by atoms with Crippen molar-refractivity contribution in [2.75, 3.05) is 38.3 Å². The highest BCUT2D eigenvalue weighted by Gasteiger charge is 2.49. The van der Waals surface area contributed by atoms with Gasteiger partial charge in [-0.15, -0.1) is 5.10 Å². The first-order chi connectivity index (χ1) is 29.1. The van der Waals surface area contributed by atoms with Gasteiger partial charge in [0.2, 0.25) is 12.3 Å². The number of hydrogen-bond acceptors (Lipinski definition) is 16. The molecule has 3 aliphatic rings. The lowest BCUT2D eigenvalue weighted by Crippen LogP contribution is -2.30. The number of amides is 1. The Hall–Kier alpha value is -4.07. The number of carbonyl (C=O) groups is 1. The number of hydrogen-bond donors (Lipinski definition) is 2. The maximum Gasteiger partial charge on any atom is 0.327 e. The summed E-state index contributed by atoms with van der Waals surface area (Å²) < 4.78 is 53.9. The van der Waals surface area contributed by atoms with Crippen LogP contribution >= 0.6 is 13.4 Å². The highest BCUT2D eigenvalue weighted by molar-refractivity contribution is 8.07. The summed E-state index contributed by atoms with van der Waals surface area (Å²) in [6.45, 7) is 7.04.